The van der Waals surface area contributed by atoms with E-state index in [4.69, 9.17) is 5.73 Å². The van der Waals surface area contributed by atoms with Crippen LogP contribution in [0.25, 0.3) is 0 Å². The van der Waals surface area contributed by atoms with E-state index in [2.05, 4.69) is 29.6 Å². The van der Waals surface area contributed by atoms with Crippen LogP contribution in [0.15, 0.2) is 30.3 Å². The molecule has 1 amide bonds. The Labute approximate surface area is 124 Å². The molecular formula is C16H22N2OS. The second-order valence-corrected chi connectivity index (χ2v) is 7.32. The number of nitrogens with two attached hydrogens (primary N) is 1. The smallest absolute Gasteiger partial charge is 0.237 e. The molecule has 20 heavy (non-hydrogen) atoms. The second kappa shape index (κ2) is 5.78. The Morgan fingerprint density at radius 3 is 2.70 bits per heavy atom. The minimum atomic E-state index is -0.435. The van der Waals surface area contributed by atoms with Crippen LogP contribution in [-0.2, 0) is 10.5 Å². The fourth-order valence-corrected chi connectivity index (χ4v) is 4.28. The van der Waals surface area contributed by atoms with Gasteiger partial charge in [-0.25, -0.2) is 0 Å². The molecule has 4 heteroatoms. The van der Waals surface area contributed by atoms with Gasteiger partial charge < -0.3 is 11.1 Å². The van der Waals surface area contributed by atoms with Crippen LogP contribution in [0, 0.1) is 0 Å². The van der Waals surface area contributed by atoms with Crippen molar-refractivity contribution in [3.05, 3.63) is 35.9 Å². The molecule has 1 aromatic rings. The Morgan fingerprint density at radius 2 is 2.05 bits per heavy atom. The highest BCUT2D eigenvalue weighted by molar-refractivity contribution is 7.99. The van der Waals surface area contributed by atoms with Gasteiger partial charge in [-0.05, 0) is 37.7 Å². The van der Waals surface area contributed by atoms with Gasteiger partial charge in [-0.1, -0.05) is 30.3 Å². The van der Waals surface area contributed by atoms with Gasteiger partial charge in [0.05, 0.1) is 5.54 Å². The highest BCUT2D eigenvalue weighted by Crippen LogP contribution is 2.40. The van der Waals surface area contributed by atoms with Crippen molar-refractivity contribution in [2.45, 2.75) is 54.7 Å². The monoisotopic (exact) mass is 290 g/mol. The van der Waals surface area contributed by atoms with E-state index in [0.717, 1.165) is 25.0 Å². The van der Waals surface area contributed by atoms with Crippen molar-refractivity contribution in [2.75, 3.05) is 0 Å². The number of thioether (sulfide) groups is 1. The number of primary amides is 1. The van der Waals surface area contributed by atoms with E-state index in [0.29, 0.717) is 11.3 Å². The van der Waals surface area contributed by atoms with Crippen molar-refractivity contribution in [3.8, 4) is 0 Å². The number of carbonyl (C=O) groups is 1. The van der Waals surface area contributed by atoms with Crippen LogP contribution in [0.3, 0.4) is 0 Å². The Hall–Kier alpha value is -1.00. The van der Waals surface area contributed by atoms with E-state index < -0.39 is 5.54 Å². The van der Waals surface area contributed by atoms with Crippen LogP contribution < -0.4 is 11.1 Å². The van der Waals surface area contributed by atoms with Crippen molar-refractivity contribution in [1.82, 2.24) is 5.32 Å². The number of hydrogen-bond donors (Lipinski definition) is 2. The number of benzene rings is 1. The molecule has 2 saturated carbocycles. The molecule has 0 heterocycles. The van der Waals surface area contributed by atoms with Crippen molar-refractivity contribution in [3.63, 3.8) is 0 Å². The van der Waals surface area contributed by atoms with Gasteiger partial charge in [0.25, 0.3) is 0 Å². The van der Waals surface area contributed by atoms with E-state index in [-0.39, 0.29) is 5.91 Å². The van der Waals surface area contributed by atoms with E-state index in [1.54, 1.807) is 0 Å². The first-order valence-electron chi connectivity index (χ1n) is 7.41. The fraction of sp³-hybridized carbons (Fsp3) is 0.562. The average Bonchev–Trinajstić information content (AvgIpc) is 3.16. The van der Waals surface area contributed by atoms with E-state index in [1.165, 1.54) is 18.4 Å². The van der Waals surface area contributed by atoms with Gasteiger partial charge >= 0.3 is 0 Å². The van der Waals surface area contributed by atoms with Crippen molar-refractivity contribution in [2.24, 2.45) is 5.73 Å². The molecule has 3 nitrogen and oxygen atoms in total. The largest absolute Gasteiger partial charge is 0.368 e. The predicted molar refractivity (Wildman–Crippen MR) is 83.5 cm³/mol. The summed E-state index contributed by atoms with van der Waals surface area (Å²) in [4.78, 5) is 11.9. The SMILES string of the molecule is NC(=O)C1(NC2CC2)CCC(SCc2ccccc2)C1. The van der Waals surface area contributed by atoms with Crippen LogP contribution in [-0.4, -0.2) is 22.7 Å². The van der Waals surface area contributed by atoms with Crippen LogP contribution >= 0.6 is 11.8 Å². The maximum absolute atomic E-state index is 11.9. The van der Waals surface area contributed by atoms with Crippen molar-refractivity contribution < 1.29 is 4.79 Å². The molecule has 2 aliphatic rings. The van der Waals surface area contributed by atoms with E-state index >= 15 is 0 Å². The molecule has 108 valence electrons. The normalized spacial score (nSPS) is 29.5. The number of rotatable bonds is 6. The Balaban J connectivity index is 1.56. The average molecular weight is 290 g/mol. The predicted octanol–water partition coefficient (Wildman–Crippen LogP) is 2.45. The van der Waals surface area contributed by atoms with E-state index in [1.807, 2.05) is 17.8 Å². The molecule has 0 spiro atoms. The Bertz CT molecular complexity index is 475. The summed E-state index contributed by atoms with van der Waals surface area (Å²) >= 11 is 1.96. The minimum absolute atomic E-state index is 0.160. The highest BCUT2D eigenvalue weighted by Gasteiger charge is 2.46. The summed E-state index contributed by atoms with van der Waals surface area (Å²) in [6.07, 6.45) is 5.25. The van der Waals surface area contributed by atoms with Crippen molar-refractivity contribution in [1.29, 1.82) is 0 Å². The summed E-state index contributed by atoms with van der Waals surface area (Å²) in [6.45, 7) is 0. The second-order valence-electron chi connectivity index (χ2n) is 6.03. The first-order chi connectivity index (χ1) is 9.68. The number of hydrogen-bond acceptors (Lipinski definition) is 3. The summed E-state index contributed by atoms with van der Waals surface area (Å²) in [5, 5.41) is 4.04. The van der Waals surface area contributed by atoms with E-state index in [9.17, 15) is 4.79 Å². The molecule has 0 saturated heterocycles. The minimum Gasteiger partial charge on any atom is -0.368 e. The number of carbonyl (C=O) groups excluding carboxylic acids is 1. The molecule has 2 aliphatic carbocycles. The van der Waals surface area contributed by atoms with Gasteiger partial charge in [0.15, 0.2) is 0 Å². The van der Waals surface area contributed by atoms with Gasteiger partial charge in [-0.15, -0.1) is 0 Å². The first kappa shape index (κ1) is 14.0. The topological polar surface area (TPSA) is 55.1 Å². The standard InChI is InChI=1S/C16H22N2OS/c17-15(19)16(18-13-6-7-13)9-8-14(10-16)20-11-12-4-2-1-3-5-12/h1-5,13-14,18H,6-11H2,(H2,17,19). The summed E-state index contributed by atoms with van der Waals surface area (Å²) in [5.74, 6) is 0.858. The molecule has 0 aliphatic heterocycles. The molecule has 2 atom stereocenters. The lowest BCUT2D eigenvalue weighted by Gasteiger charge is -2.27. The summed E-state index contributed by atoms with van der Waals surface area (Å²) in [7, 11) is 0. The summed E-state index contributed by atoms with van der Waals surface area (Å²) in [6, 6.07) is 11.0. The third-order valence-electron chi connectivity index (χ3n) is 4.33. The Kier molecular flexibility index (Phi) is 4.03. The van der Waals surface area contributed by atoms with Crippen LogP contribution in [0.5, 0.6) is 0 Å². The lowest BCUT2D eigenvalue weighted by Crippen LogP contribution is -2.54. The van der Waals surface area contributed by atoms with Gasteiger partial charge in [0.1, 0.15) is 0 Å². The Morgan fingerprint density at radius 1 is 1.30 bits per heavy atom. The third kappa shape index (κ3) is 3.18. The lowest BCUT2D eigenvalue weighted by molar-refractivity contribution is -0.124. The summed E-state index contributed by atoms with van der Waals surface area (Å²) in [5.41, 5.74) is 6.58. The first-order valence-corrected chi connectivity index (χ1v) is 8.46. The molecule has 0 bridgehead atoms. The van der Waals surface area contributed by atoms with Crippen LogP contribution in [0.2, 0.25) is 0 Å². The van der Waals surface area contributed by atoms with Crippen LogP contribution in [0.4, 0.5) is 0 Å². The van der Waals surface area contributed by atoms with Gasteiger partial charge in [0.2, 0.25) is 5.91 Å². The maximum Gasteiger partial charge on any atom is 0.237 e. The highest BCUT2D eigenvalue weighted by atomic mass is 32.2. The number of nitrogens with one attached hydrogen (secondary N) is 1. The van der Waals surface area contributed by atoms with Crippen molar-refractivity contribution >= 4 is 17.7 Å². The molecule has 0 radical (unpaired) electrons. The lowest BCUT2D eigenvalue weighted by atomic mass is 9.96. The molecular weight excluding hydrogens is 268 g/mol. The fourth-order valence-electron chi connectivity index (χ4n) is 2.98. The van der Waals surface area contributed by atoms with Gasteiger partial charge in [-0.3, -0.25) is 4.79 Å². The molecule has 3 N–H and O–H groups in total. The van der Waals surface area contributed by atoms with Crippen LogP contribution in [0.1, 0.15) is 37.7 Å². The zero-order valence-corrected chi connectivity index (χ0v) is 12.5. The molecule has 3 rings (SSSR count). The third-order valence-corrected chi connectivity index (χ3v) is 5.70. The quantitative estimate of drug-likeness (QED) is 0.846. The molecule has 1 aromatic carbocycles. The van der Waals surface area contributed by atoms with Gasteiger partial charge in [0, 0.05) is 17.0 Å². The molecule has 2 fully saturated rings. The molecule has 2 unspecified atom stereocenters. The number of amides is 1. The zero-order valence-electron chi connectivity index (χ0n) is 11.7. The molecule has 0 aromatic heterocycles. The summed E-state index contributed by atoms with van der Waals surface area (Å²) < 4.78 is 0. The van der Waals surface area contributed by atoms with Gasteiger partial charge in [-0.2, -0.15) is 11.8 Å². The zero-order chi connectivity index (χ0) is 14.0. The maximum atomic E-state index is 11.9.